The van der Waals surface area contributed by atoms with E-state index in [1.807, 2.05) is 37.3 Å². The summed E-state index contributed by atoms with van der Waals surface area (Å²) in [5.74, 6) is 1.02. The second-order valence-electron chi connectivity index (χ2n) is 7.40. The molecule has 0 radical (unpaired) electrons. The van der Waals surface area contributed by atoms with Crippen LogP contribution in [0.2, 0.25) is 0 Å². The minimum absolute atomic E-state index is 0.123. The molecule has 8 nitrogen and oxygen atoms in total. The summed E-state index contributed by atoms with van der Waals surface area (Å²) in [4.78, 5) is 0.226. The number of nitrogens with zero attached hydrogens (tertiary/aromatic N) is 3. The fourth-order valence-corrected chi connectivity index (χ4v) is 4.16. The standard InChI is InChI=1S/C24H24N4O4S/c1-18-8-11-22(12-9-18)33(29,30)25-15-19-10-13-23(24(14-19)31-2)32-17-20-16-28(27-26-20)21-6-4-3-5-7-21/h3-14,16,25H,15,17H2,1-2H3. The van der Waals surface area contributed by atoms with Crippen LogP contribution in [0.3, 0.4) is 0 Å². The first-order valence-corrected chi connectivity index (χ1v) is 11.8. The molecule has 170 valence electrons. The molecule has 1 aromatic heterocycles. The summed E-state index contributed by atoms with van der Waals surface area (Å²) in [5, 5.41) is 8.26. The molecular formula is C24H24N4O4S. The van der Waals surface area contributed by atoms with Crippen molar-refractivity contribution in [2.45, 2.75) is 25.0 Å². The van der Waals surface area contributed by atoms with E-state index in [4.69, 9.17) is 9.47 Å². The van der Waals surface area contributed by atoms with Crippen LogP contribution in [-0.2, 0) is 23.2 Å². The van der Waals surface area contributed by atoms with Crippen LogP contribution in [0.5, 0.6) is 11.5 Å². The molecule has 1 heterocycles. The van der Waals surface area contributed by atoms with Crippen molar-refractivity contribution in [3.05, 3.63) is 95.8 Å². The minimum atomic E-state index is -3.61. The topological polar surface area (TPSA) is 95.3 Å². The molecule has 4 rings (SSSR count). The number of aryl methyl sites for hydroxylation is 1. The van der Waals surface area contributed by atoms with Crippen LogP contribution in [0.25, 0.3) is 5.69 Å². The van der Waals surface area contributed by atoms with Crippen LogP contribution >= 0.6 is 0 Å². The Hall–Kier alpha value is -3.69. The molecule has 0 amide bonds. The normalized spacial score (nSPS) is 11.3. The van der Waals surface area contributed by atoms with E-state index < -0.39 is 10.0 Å². The number of aromatic nitrogens is 3. The van der Waals surface area contributed by atoms with E-state index in [0.29, 0.717) is 17.2 Å². The Labute approximate surface area is 192 Å². The van der Waals surface area contributed by atoms with Crippen LogP contribution in [0.4, 0.5) is 0 Å². The van der Waals surface area contributed by atoms with Crippen molar-refractivity contribution in [1.29, 1.82) is 0 Å². The van der Waals surface area contributed by atoms with Crippen molar-refractivity contribution in [1.82, 2.24) is 19.7 Å². The SMILES string of the molecule is COc1cc(CNS(=O)(=O)c2ccc(C)cc2)ccc1OCc1cn(-c2ccccc2)nn1. The van der Waals surface area contributed by atoms with Gasteiger partial charge in [0.1, 0.15) is 12.3 Å². The quantitative estimate of drug-likeness (QED) is 0.406. The van der Waals surface area contributed by atoms with E-state index in [1.54, 1.807) is 53.3 Å². The summed E-state index contributed by atoms with van der Waals surface area (Å²) in [7, 11) is -2.08. The third kappa shape index (κ3) is 5.57. The lowest BCUT2D eigenvalue weighted by Gasteiger charge is -2.12. The van der Waals surface area contributed by atoms with Gasteiger partial charge in [-0.25, -0.2) is 17.8 Å². The van der Waals surface area contributed by atoms with E-state index in [0.717, 1.165) is 16.8 Å². The lowest BCUT2D eigenvalue weighted by molar-refractivity contribution is 0.280. The van der Waals surface area contributed by atoms with Crippen LogP contribution in [0.1, 0.15) is 16.8 Å². The summed E-state index contributed by atoms with van der Waals surface area (Å²) < 4.78 is 40.6. The van der Waals surface area contributed by atoms with Crippen molar-refractivity contribution in [2.75, 3.05) is 7.11 Å². The Balaban J connectivity index is 1.40. The minimum Gasteiger partial charge on any atom is -0.493 e. The van der Waals surface area contributed by atoms with Gasteiger partial charge in [-0.1, -0.05) is 47.2 Å². The molecular weight excluding hydrogens is 440 g/mol. The molecule has 0 unspecified atom stereocenters. The molecule has 0 bridgehead atoms. The van der Waals surface area contributed by atoms with Gasteiger partial charge in [0.15, 0.2) is 11.5 Å². The molecule has 0 aliphatic rings. The fourth-order valence-electron chi connectivity index (χ4n) is 3.14. The molecule has 0 aliphatic carbocycles. The van der Waals surface area contributed by atoms with E-state index >= 15 is 0 Å². The van der Waals surface area contributed by atoms with E-state index in [2.05, 4.69) is 15.0 Å². The van der Waals surface area contributed by atoms with Crippen molar-refractivity contribution in [3.8, 4) is 17.2 Å². The number of sulfonamides is 1. The molecule has 0 spiro atoms. The van der Waals surface area contributed by atoms with Crippen LogP contribution in [0.15, 0.2) is 83.9 Å². The Morgan fingerprint density at radius 3 is 2.45 bits per heavy atom. The van der Waals surface area contributed by atoms with Gasteiger partial charge in [0.25, 0.3) is 0 Å². The van der Waals surface area contributed by atoms with Gasteiger partial charge < -0.3 is 9.47 Å². The zero-order valence-corrected chi connectivity index (χ0v) is 19.1. The van der Waals surface area contributed by atoms with E-state index in [-0.39, 0.29) is 18.0 Å². The van der Waals surface area contributed by atoms with Crippen molar-refractivity contribution < 1.29 is 17.9 Å². The van der Waals surface area contributed by atoms with Crippen LogP contribution in [-0.4, -0.2) is 30.5 Å². The Morgan fingerprint density at radius 1 is 0.970 bits per heavy atom. The molecule has 0 saturated carbocycles. The van der Waals surface area contributed by atoms with Gasteiger partial charge in [0.2, 0.25) is 10.0 Å². The summed E-state index contributed by atoms with van der Waals surface area (Å²) in [6, 6.07) is 21.7. The summed E-state index contributed by atoms with van der Waals surface area (Å²) >= 11 is 0. The smallest absolute Gasteiger partial charge is 0.240 e. The average Bonchev–Trinajstić information content (AvgIpc) is 3.32. The van der Waals surface area contributed by atoms with Crippen molar-refractivity contribution >= 4 is 10.0 Å². The fraction of sp³-hybridized carbons (Fsp3) is 0.167. The van der Waals surface area contributed by atoms with Gasteiger partial charge in [-0.2, -0.15) is 0 Å². The molecule has 0 fully saturated rings. The van der Waals surface area contributed by atoms with Gasteiger partial charge in [-0.05, 0) is 48.9 Å². The Kier molecular flexibility index (Phi) is 6.71. The zero-order valence-electron chi connectivity index (χ0n) is 18.3. The number of methoxy groups -OCH3 is 1. The summed E-state index contributed by atoms with van der Waals surface area (Å²) in [6.45, 7) is 2.24. The number of para-hydroxylation sites is 1. The monoisotopic (exact) mass is 464 g/mol. The second kappa shape index (κ2) is 9.85. The second-order valence-corrected chi connectivity index (χ2v) is 9.17. The Morgan fingerprint density at radius 2 is 1.73 bits per heavy atom. The molecule has 9 heteroatoms. The number of ether oxygens (including phenoxy) is 2. The van der Waals surface area contributed by atoms with Gasteiger partial charge >= 0.3 is 0 Å². The van der Waals surface area contributed by atoms with E-state index in [9.17, 15) is 8.42 Å². The zero-order chi connectivity index (χ0) is 23.3. The van der Waals surface area contributed by atoms with E-state index in [1.165, 1.54) is 7.11 Å². The molecule has 0 atom stereocenters. The highest BCUT2D eigenvalue weighted by Gasteiger charge is 2.14. The van der Waals surface area contributed by atoms with Crippen molar-refractivity contribution in [3.63, 3.8) is 0 Å². The highest BCUT2D eigenvalue weighted by molar-refractivity contribution is 7.89. The first kappa shape index (κ1) is 22.5. The summed E-state index contributed by atoms with van der Waals surface area (Å²) in [5.41, 5.74) is 3.31. The maximum absolute atomic E-state index is 12.5. The third-order valence-electron chi connectivity index (χ3n) is 4.96. The molecule has 0 aliphatic heterocycles. The largest absolute Gasteiger partial charge is 0.493 e. The molecule has 0 saturated heterocycles. The van der Waals surface area contributed by atoms with Gasteiger partial charge in [-0.3, -0.25) is 0 Å². The molecule has 1 N–H and O–H groups in total. The van der Waals surface area contributed by atoms with Crippen LogP contribution in [0, 0.1) is 6.92 Å². The number of nitrogens with one attached hydrogen (secondary N) is 1. The van der Waals surface area contributed by atoms with Gasteiger partial charge in [-0.15, -0.1) is 5.10 Å². The summed E-state index contributed by atoms with van der Waals surface area (Å²) in [6.07, 6.45) is 1.80. The van der Waals surface area contributed by atoms with Gasteiger partial charge in [0.05, 0.1) is 23.9 Å². The maximum Gasteiger partial charge on any atom is 0.240 e. The predicted octanol–water partition coefficient (Wildman–Crippen LogP) is 3.64. The maximum atomic E-state index is 12.5. The highest BCUT2D eigenvalue weighted by atomic mass is 32.2. The number of rotatable bonds is 9. The van der Waals surface area contributed by atoms with Crippen LogP contribution < -0.4 is 14.2 Å². The first-order chi connectivity index (χ1) is 15.9. The number of hydrogen-bond acceptors (Lipinski definition) is 6. The van der Waals surface area contributed by atoms with Gasteiger partial charge in [0, 0.05) is 6.54 Å². The number of benzene rings is 3. The Bertz CT molecular complexity index is 1320. The molecule has 33 heavy (non-hydrogen) atoms. The third-order valence-corrected chi connectivity index (χ3v) is 6.38. The van der Waals surface area contributed by atoms with Crippen molar-refractivity contribution in [2.24, 2.45) is 0 Å². The predicted molar refractivity (Wildman–Crippen MR) is 124 cm³/mol. The molecule has 3 aromatic carbocycles. The average molecular weight is 465 g/mol. The lowest BCUT2D eigenvalue weighted by Crippen LogP contribution is -2.23. The highest BCUT2D eigenvalue weighted by Crippen LogP contribution is 2.29. The number of hydrogen-bond donors (Lipinski definition) is 1. The molecule has 4 aromatic rings. The lowest BCUT2D eigenvalue weighted by atomic mass is 10.2. The first-order valence-electron chi connectivity index (χ1n) is 10.3.